The largest absolute Gasteiger partial charge is 0.505 e. The Morgan fingerprint density at radius 3 is 1.50 bits per heavy atom. The smallest absolute Gasteiger partial charge is 0.328 e. The number of carboxylic acids is 1. The van der Waals surface area contributed by atoms with E-state index in [1.165, 1.54) is 36.4 Å². The van der Waals surface area contributed by atoms with E-state index in [1.54, 1.807) is 24.3 Å². The van der Waals surface area contributed by atoms with Gasteiger partial charge in [-0.1, -0.05) is 30.3 Å². The summed E-state index contributed by atoms with van der Waals surface area (Å²) < 4.78 is 24.0. The number of esters is 2. The zero-order valence-electron chi connectivity index (χ0n) is 20.2. The number of phenolic OH excluding ortho intramolecular Hbond substituents is 1. The lowest BCUT2D eigenvalue weighted by Crippen LogP contribution is -2.36. The summed E-state index contributed by atoms with van der Waals surface area (Å²) >= 11 is 0. The molecular weight excluding hydrogens is 497 g/mol. The molecule has 8 N–H and O–H groups in total. The molecule has 3 atom stereocenters. The van der Waals surface area contributed by atoms with Gasteiger partial charge in [0.25, 0.3) is 0 Å². The van der Waals surface area contributed by atoms with Crippen molar-refractivity contribution in [3.05, 3.63) is 89.2 Å². The number of carbonyl (C=O) groups is 3. The second-order valence-corrected chi connectivity index (χ2v) is 8.69. The van der Waals surface area contributed by atoms with E-state index in [0.717, 1.165) is 6.07 Å². The molecule has 38 heavy (non-hydrogen) atoms. The molecule has 11 heteroatoms. The fourth-order valence-electron chi connectivity index (χ4n) is 3.46. The van der Waals surface area contributed by atoms with Crippen LogP contribution in [0.4, 0.5) is 4.39 Å². The molecule has 3 rings (SSSR count). The van der Waals surface area contributed by atoms with Gasteiger partial charge in [0, 0.05) is 0 Å². The van der Waals surface area contributed by atoms with Crippen LogP contribution in [0, 0.1) is 5.82 Å². The maximum Gasteiger partial charge on any atom is 0.328 e. The van der Waals surface area contributed by atoms with Crippen LogP contribution in [0.15, 0.2) is 66.7 Å². The topological polar surface area (TPSA) is 188 Å². The van der Waals surface area contributed by atoms with Gasteiger partial charge in [-0.3, -0.25) is 4.79 Å². The van der Waals surface area contributed by atoms with Crippen molar-refractivity contribution < 1.29 is 38.5 Å². The van der Waals surface area contributed by atoms with Crippen molar-refractivity contribution in [1.82, 2.24) is 0 Å². The Morgan fingerprint density at radius 2 is 1.08 bits per heavy atom. The molecule has 0 spiro atoms. The average Bonchev–Trinajstić information content (AvgIpc) is 2.88. The molecule has 0 aromatic heterocycles. The van der Waals surface area contributed by atoms with Crippen LogP contribution in [0.1, 0.15) is 16.7 Å². The molecule has 0 aliphatic carbocycles. The van der Waals surface area contributed by atoms with Crippen LogP contribution in [-0.4, -0.2) is 46.2 Å². The van der Waals surface area contributed by atoms with Gasteiger partial charge in [-0.15, -0.1) is 0 Å². The van der Waals surface area contributed by atoms with Gasteiger partial charge >= 0.3 is 17.9 Å². The third-order valence-corrected chi connectivity index (χ3v) is 5.59. The second kappa shape index (κ2) is 12.8. The first-order chi connectivity index (χ1) is 18.0. The maximum absolute atomic E-state index is 13.5. The number of ether oxygens (including phenoxy) is 2. The van der Waals surface area contributed by atoms with Crippen molar-refractivity contribution in [3.8, 4) is 17.2 Å². The molecule has 0 bridgehead atoms. The van der Waals surface area contributed by atoms with Crippen molar-refractivity contribution in [1.29, 1.82) is 0 Å². The first kappa shape index (κ1) is 28.3. The first-order valence-electron chi connectivity index (χ1n) is 11.6. The highest BCUT2D eigenvalue weighted by Gasteiger charge is 2.19. The predicted octanol–water partition coefficient (Wildman–Crippen LogP) is 1.44. The van der Waals surface area contributed by atoms with E-state index in [9.17, 15) is 23.9 Å². The third kappa shape index (κ3) is 8.10. The molecule has 0 aliphatic rings. The van der Waals surface area contributed by atoms with Gasteiger partial charge in [-0.2, -0.15) is 0 Å². The Bertz CT molecular complexity index is 1280. The van der Waals surface area contributed by atoms with Gasteiger partial charge in [-0.05, 0) is 72.4 Å². The fourth-order valence-corrected chi connectivity index (χ4v) is 3.46. The minimum absolute atomic E-state index is 0.0175. The minimum atomic E-state index is -1.11. The van der Waals surface area contributed by atoms with Crippen LogP contribution < -0.4 is 26.7 Å². The minimum Gasteiger partial charge on any atom is -0.505 e. The summed E-state index contributed by atoms with van der Waals surface area (Å²) in [5.41, 5.74) is 19.2. The molecule has 200 valence electrons. The number of carbonyl (C=O) groups excluding carboxylic acids is 2. The van der Waals surface area contributed by atoms with Crippen LogP contribution in [0.3, 0.4) is 0 Å². The zero-order valence-corrected chi connectivity index (χ0v) is 20.2. The van der Waals surface area contributed by atoms with E-state index in [-0.39, 0.29) is 30.8 Å². The maximum atomic E-state index is 13.5. The molecule has 10 nitrogen and oxygen atoms in total. The first-order valence-corrected chi connectivity index (χ1v) is 11.6. The molecular formula is C27H28FN3O7. The number of benzene rings is 3. The van der Waals surface area contributed by atoms with Gasteiger partial charge in [-0.25, -0.2) is 14.0 Å². The van der Waals surface area contributed by atoms with Crippen molar-refractivity contribution in [2.45, 2.75) is 37.4 Å². The van der Waals surface area contributed by atoms with Crippen molar-refractivity contribution in [2.24, 2.45) is 17.2 Å². The third-order valence-electron chi connectivity index (χ3n) is 5.59. The van der Waals surface area contributed by atoms with E-state index < -0.39 is 47.6 Å². The highest BCUT2D eigenvalue weighted by Crippen LogP contribution is 2.19. The van der Waals surface area contributed by atoms with Crippen LogP contribution in [-0.2, 0) is 33.6 Å². The Morgan fingerprint density at radius 1 is 0.684 bits per heavy atom. The number of hydrogen-bond acceptors (Lipinski definition) is 9. The van der Waals surface area contributed by atoms with Crippen LogP contribution in [0.5, 0.6) is 17.2 Å². The van der Waals surface area contributed by atoms with Gasteiger partial charge in [0.15, 0.2) is 11.6 Å². The van der Waals surface area contributed by atoms with E-state index in [2.05, 4.69) is 0 Å². The fraction of sp³-hybridized carbons (Fsp3) is 0.222. The van der Waals surface area contributed by atoms with Crippen molar-refractivity contribution in [2.75, 3.05) is 0 Å². The summed E-state index contributed by atoms with van der Waals surface area (Å²) in [6.45, 7) is 0. The van der Waals surface area contributed by atoms with Crippen LogP contribution in [0.25, 0.3) is 0 Å². The average molecular weight is 526 g/mol. The van der Waals surface area contributed by atoms with E-state index in [1.807, 2.05) is 0 Å². The highest BCUT2D eigenvalue weighted by molar-refractivity contribution is 5.79. The zero-order chi connectivity index (χ0) is 27.8. The normalized spacial score (nSPS) is 13.3. The second-order valence-electron chi connectivity index (χ2n) is 8.69. The quantitative estimate of drug-likeness (QED) is 0.181. The standard InChI is InChI=1S/C27H28FN3O7/c28-20-11-17(5-10-24(20)32)14-23(31)27(36)38-19-8-3-16(4-9-19)13-22(30)26(35)37-18-6-1-15(2-7-18)12-21(29)25(33)34/h1-11,21-23,32H,12-14,29-31H2,(H,33,34)/t21-,22?,23?/m1/s1. The number of carboxylic acid groups (broad SMARTS) is 1. The molecule has 0 heterocycles. The summed E-state index contributed by atoms with van der Waals surface area (Å²) in [5.74, 6) is -3.31. The summed E-state index contributed by atoms with van der Waals surface area (Å²) in [4.78, 5) is 35.5. The Kier molecular flexibility index (Phi) is 9.49. The summed E-state index contributed by atoms with van der Waals surface area (Å²) in [5, 5.41) is 18.1. The summed E-state index contributed by atoms with van der Waals surface area (Å²) in [7, 11) is 0. The SMILES string of the molecule is NC(Cc1ccc(OC(=O)C(N)Cc2ccc(O)c(F)c2)cc1)C(=O)Oc1ccc(C[C@@H](N)C(=O)O)cc1. The molecule has 3 aromatic rings. The Balaban J connectivity index is 1.48. The number of aliphatic carboxylic acids is 1. The molecule has 0 saturated heterocycles. The number of rotatable bonds is 11. The Hall–Kier alpha value is -4.32. The van der Waals surface area contributed by atoms with Crippen molar-refractivity contribution in [3.63, 3.8) is 0 Å². The lowest BCUT2D eigenvalue weighted by Gasteiger charge is -2.13. The molecule has 3 aromatic carbocycles. The predicted molar refractivity (Wildman–Crippen MR) is 135 cm³/mol. The molecule has 0 amide bonds. The molecule has 2 unspecified atom stereocenters. The molecule has 0 radical (unpaired) electrons. The van der Waals surface area contributed by atoms with Gasteiger partial charge < -0.3 is 36.9 Å². The molecule has 0 aliphatic heterocycles. The highest BCUT2D eigenvalue weighted by atomic mass is 19.1. The number of hydrogen-bond donors (Lipinski definition) is 5. The van der Waals surface area contributed by atoms with Crippen LogP contribution >= 0.6 is 0 Å². The summed E-state index contributed by atoms with van der Waals surface area (Å²) in [6, 6.07) is 13.3. The number of halogens is 1. The number of nitrogens with two attached hydrogens (primary N) is 3. The lowest BCUT2D eigenvalue weighted by molar-refractivity contribution is -0.138. The lowest BCUT2D eigenvalue weighted by atomic mass is 10.1. The molecule has 0 fully saturated rings. The Labute approximate surface area is 217 Å². The monoisotopic (exact) mass is 525 g/mol. The number of aromatic hydroxyl groups is 1. The van der Waals surface area contributed by atoms with Crippen molar-refractivity contribution >= 4 is 17.9 Å². The van der Waals surface area contributed by atoms with Gasteiger partial charge in [0.05, 0.1) is 0 Å². The summed E-state index contributed by atoms with van der Waals surface area (Å²) in [6.07, 6.45) is 0.312. The van der Waals surface area contributed by atoms with Gasteiger partial charge in [0.1, 0.15) is 29.6 Å². The van der Waals surface area contributed by atoms with E-state index >= 15 is 0 Å². The van der Waals surface area contributed by atoms with E-state index in [4.69, 9.17) is 31.8 Å². The van der Waals surface area contributed by atoms with E-state index in [0.29, 0.717) is 16.7 Å². The van der Waals surface area contributed by atoms with Crippen LogP contribution in [0.2, 0.25) is 0 Å². The number of phenols is 1. The molecule has 0 saturated carbocycles. The van der Waals surface area contributed by atoms with Gasteiger partial charge in [0.2, 0.25) is 0 Å².